The van der Waals surface area contributed by atoms with Crippen LogP contribution in [0, 0.1) is 23.2 Å². The molecule has 0 heterocycles. The van der Waals surface area contributed by atoms with Gasteiger partial charge in [-0.3, -0.25) is 0 Å². The van der Waals surface area contributed by atoms with Gasteiger partial charge >= 0.3 is 0 Å². The summed E-state index contributed by atoms with van der Waals surface area (Å²) in [4.78, 5) is 0. The first kappa shape index (κ1) is 13.5. The first-order chi connectivity index (χ1) is 7.11. The summed E-state index contributed by atoms with van der Waals surface area (Å²) in [5, 5.41) is 11.9. The molecule has 78 valence electrons. The molecule has 3 heteroatoms. The van der Waals surface area contributed by atoms with Gasteiger partial charge in [0.25, 0.3) is 0 Å². The highest BCUT2D eigenvalue weighted by molar-refractivity contribution is 6.31. The highest BCUT2D eigenvalue weighted by atomic mass is 35.5. The summed E-state index contributed by atoms with van der Waals surface area (Å²) in [5.41, 5.74) is 1.14. The first-order valence-electron chi connectivity index (χ1n) is 4.38. The van der Waals surface area contributed by atoms with E-state index in [1.165, 1.54) is 0 Å². The average Bonchev–Trinajstić information content (AvgIpc) is 2.25. The van der Waals surface area contributed by atoms with Gasteiger partial charge in [-0.25, -0.2) is 0 Å². The number of nitrogens with one attached hydrogen (secondary N) is 1. The zero-order chi connectivity index (χ0) is 11.7. The van der Waals surface area contributed by atoms with E-state index in [9.17, 15) is 0 Å². The minimum Gasteiger partial charge on any atom is -0.309 e. The number of hydrogen-bond donors (Lipinski definition) is 1. The Morgan fingerprint density at radius 3 is 2.73 bits per heavy atom. The van der Waals surface area contributed by atoms with Gasteiger partial charge in [0, 0.05) is 11.1 Å². The molecule has 0 saturated carbocycles. The van der Waals surface area contributed by atoms with Crippen molar-refractivity contribution < 1.29 is 0 Å². The van der Waals surface area contributed by atoms with Gasteiger partial charge in [-0.1, -0.05) is 30.0 Å². The van der Waals surface area contributed by atoms with E-state index in [1.54, 1.807) is 19.1 Å². The molecule has 0 amide bonds. The summed E-state index contributed by atoms with van der Waals surface area (Å²) in [5.74, 6) is 5.70. The number of rotatable bonds is 3. The number of nitriles is 1. The number of nitrogens with zero attached hydrogens (tertiary/aromatic N) is 1. The van der Waals surface area contributed by atoms with E-state index in [2.05, 4.69) is 23.7 Å². The monoisotopic (exact) mass is 220 g/mol. The summed E-state index contributed by atoms with van der Waals surface area (Å²) in [6.45, 7) is 6.00. The van der Waals surface area contributed by atoms with Crippen molar-refractivity contribution in [1.29, 1.82) is 5.26 Å². The van der Waals surface area contributed by atoms with E-state index < -0.39 is 0 Å². The largest absolute Gasteiger partial charge is 0.309 e. The molecule has 15 heavy (non-hydrogen) atoms. The van der Waals surface area contributed by atoms with Gasteiger partial charge in [0.05, 0.1) is 17.6 Å². The minimum absolute atomic E-state index is 0.411. The predicted molar refractivity (Wildman–Crippen MR) is 64.1 cm³/mol. The molecule has 0 rings (SSSR count). The lowest BCUT2D eigenvalue weighted by Crippen LogP contribution is -2.04. The van der Waals surface area contributed by atoms with E-state index in [1.807, 2.05) is 13.1 Å². The van der Waals surface area contributed by atoms with Crippen molar-refractivity contribution in [2.75, 3.05) is 13.6 Å². The van der Waals surface area contributed by atoms with Crippen LogP contribution in [0.4, 0.5) is 0 Å². The Kier molecular flexibility index (Phi) is 7.10. The van der Waals surface area contributed by atoms with E-state index >= 15 is 0 Å². The SMILES string of the molecule is C=C(C#CCNC)/C=C\C(Cl)=C(/C)C#N. The van der Waals surface area contributed by atoms with Crippen LogP contribution in [-0.4, -0.2) is 13.6 Å². The van der Waals surface area contributed by atoms with Gasteiger partial charge in [-0.15, -0.1) is 0 Å². The lowest BCUT2D eigenvalue weighted by molar-refractivity contribution is 0.938. The standard InChI is InChI=1S/C12H13ClN2/c1-10(5-4-8-15-3)6-7-12(13)11(2)9-14/h6-7,15H,1,8H2,2-3H3/b7-6-,12-11-. The fraction of sp³-hybridized carbons (Fsp3) is 0.250. The Morgan fingerprint density at radius 1 is 1.53 bits per heavy atom. The minimum atomic E-state index is 0.411. The summed E-state index contributed by atoms with van der Waals surface area (Å²) in [6, 6.07) is 1.96. The summed E-state index contributed by atoms with van der Waals surface area (Å²) in [7, 11) is 1.82. The summed E-state index contributed by atoms with van der Waals surface area (Å²) in [6.07, 6.45) is 3.31. The Balaban J connectivity index is 4.40. The van der Waals surface area contributed by atoms with E-state index in [0.29, 0.717) is 22.7 Å². The lowest BCUT2D eigenvalue weighted by atomic mass is 10.2. The van der Waals surface area contributed by atoms with Crippen LogP contribution < -0.4 is 5.32 Å². The molecule has 0 aromatic rings. The van der Waals surface area contributed by atoms with Gasteiger partial charge < -0.3 is 5.32 Å². The van der Waals surface area contributed by atoms with Crippen molar-refractivity contribution in [2.24, 2.45) is 0 Å². The van der Waals surface area contributed by atoms with Crippen LogP contribution in [0.5, 0.6) is 0 Å². The quantitative estimate of drug-likeness (QED) is 0.450. The Hall–Kier alpha value is -1.48. The highest BCUT2D eigenvalue weighted by Crippen LogP contribution is 2.10. The molecule has 0 aromatic heterocycles. The molecule has 0 atom stereocenters. The third kappa shape index (κ3) is 6.57. The molecule has 0 unspecified atom stereocenters. The topological polar surface area (TPSA) is 35.8 Å². The van der Waals surface area contributed by atoms with Crippen LogP contribution in [0.15, 0.2) is 34.9 Å². The van der Waals surface area contributed by atoms with Gasteiger partial charge in [-0.2, -0.15) is 5.26 Å². The third-order valence-electron chi connectivity index (χ3n) is 1.47. The second-order valence-corrected chi connectivity index (χ2v) is 3.18. The highest BCUT2D eigenvalue weighted by Gasteiger charge is 1.92. The van der Waals surface area contributed by atoms with Gasteiger partial charge in [0.2, 0.25) is 0 Å². The molecule has 0 spiro atoms. The molecule has 0 saturated heterocycles. The zero-order valence-electron chi connectivity index (χ0n) is 8.89. The normalized spacial score (nSPS) is 11.3. The predicted octanol–water partition coefficient (Wildman–Crippen LogP) is 2.36. The van der Waals surface area contributed by atoms with Gasteiger partial charge in [0.15, 0.2) is 0 Å². The van der Waals surface area contributed by atoms with Crippen molar-refractivity contribution >= 4 is 11.6 Å². The Bertz CT molecular complexity index is 386. The van der Waals surface area contributed by atoms with E-state index in [-0.39, 0.29) is 0 Å². The van der Waals surface area contributed by atoms with Crippen LogP contribution in [-0.2, 0) is 0 Å². The zero-order valence-corrected chi connectivity index (χ0v) is 9.65. The molecule has 0 aliphatic heterocycles. The number of hydrogen-bond acceptors (Lipinski definition) is 2. The van der Waals surface area contributed by atoms with Crippen LogP contribution in [0.1, 0.15) is 6.92 Å². The van der Waals surface area contributed by atoms with Crippen LogP contribution in [0.3, 0.4) is 0 Å². The van der Waals surface area contributed by atoms with Gasteiger partial charge in [0.1, 0.15) is 0 Å². The summed E-state index contributed by atoms with van der Waals surface area (Å²) >= 11 is 5.81. The average molecular weight is 221 g/mol. The van der Waals surface area contributed by atoms with Crippen LogP contribution in [0.25, 0.3) is 0 Å². The molecule has 1 N–H and O–H groups in total. The Morgan fingerprint density at radius 2 is 2.20 bits per heavy atom. The van der Waals surface area contributed by atoms with Crippen molar-refractivity contribution in [3.05, 3.63) is 34.9 Å². The van der Waals surface area contributed by atoms with E-state index in [4.69, 9.17) is 16.9 Å². The molecule has 0 radical (unpaired) electrons. The molecular weight excluding hydrogens is 208 g/mol. The molecule has 2 nitrogen and oxygen atoms in total. The number of halogens is 1. The maximum atomic E-state index is 8.56. The molecule has 0 fully saturated rings. The second-order valence-electron chi connectivity index (χ2n) is 2.78. The van der Waals surface area contributed by atoms with Crippen LogP contribution in [0.2, 0.25) is 0 Å². The number of allylic oxidation sites excluding steroid dienone is 5. The smallest absolute Gasteiger partial charge is 0.0959 e. The molecule has 0 bridgehead atoms. The van der Waals surface area contributed by atoms with Crippen molar-refractivity contribution in [1.82, 2.24) is 5.32 Å². The molecule has 0 aliphatic rings. The van der Waals surface area contributed by atoms with E-state index in [0.717, 1.165) is 0 Å². The van der Waals surface area contributed by atoms with Gasteiger partial charge in [-0.05, 0) is 26.1 Å². The second kappa shape index (κ2) is 7.88. The maximum absolute atomic E-state index is 8.56. The van der Waals surface area contributed by atoms with Crippen LogP contribution >= 0.6 is 11.6 Å². The van der Waals surface area contributed by atoms with Crippen molar-refractivity contribution in [2.45, 2.75) is 6.92 Å². The maximum Gasteiger partial charge on any atom is 0.0959 e. The first-order valence-corrected chi connectivity index (χ1v) is 4.76. The lowest BCUT2D eigenvalue weighted by Gasteiger charge is -1.90. The summed E-state index contributed by atoms with van der Waals surface area (Å²) < 4.78 is 0. The fourth-order valence-electron chi connectivity index (χ4n) is 0.640. The Labute approximate surface area is 95.9 Å². The molecule has 0 aromatic carbocycles. The molecular formula is C12H13ClN2. The third-order valence-corrected chi connectivity index (χ3v) is 1.88. The molecule has 0 aliphatic carbocycles. The van der Waals surface area contributed by atoms with Crippen molar-refractivity contribution in [3.63, 3.8) is 0 Å². The fourth-order valence-corrected chi connectivity index (χ4v) is 0.745. The van der Waals surface area contributed by atoms with Crippen molar-refractivity contribution in [3.8, 4) is 17.9 Å².